The van der Waals surface area contributed by atoms with Crippen LogP contribution in [0.15, 0.2) is 69.6 Å². The van der Waals surface area contributed by atoms with Crippen LogP contribution in [0.4, 0.5) is 26.0 Å². The fourth-order valence-corrected chi connectivity index (χ4v) is 5.02. The Hall–Kier alpha value is -4.60. The lowest BCUT2D eigenvalue weighted by Crippen LogP contribution is -2.21. The lowest BCUT2D eigenvalue weighted by Gasteiger charge is -2.13. The molecule has 2 aromatic heterocycles. The Balaban J connectivity index is 0.000000429. The van der Waals surface area contributed by atoms with Crippen LogP contribution in [0.5, 0.6) is 0 Å². The maximum Gasteiger partial charge on any atom is 0.445 e. The highest BCUT2D eigenvalue weighted by Crippen LogP contribution is 2.25. The molecule has 0 spiro atoms. The molecule has 0 aliphatic heterocycles. The maximum atomic E-state index is 13.2. The first-order valence-corrected chi connectivity index (χ1v) is 18.7. The van der Waals surface area contributed by atoms with Gasteiger partial charge in [0.1, 0.15) is 11.6 Å². The van der Waals surface area contributed by atoms with Crippen LogP contribution in [0.3, 0.4) is 0 Å². The Kier molecular flexibility index (Phi) is 23.9. The average molecular weight is 959 g/mol. The highest BCUT2D eigenvalue weighted by Gasteiger charge is 2.27. The molecule has 0 unspecified atom stereocenters. The van der Waals surface area contributed by atoms with Crippen molar-refractivity contribution in [2.24, 2.45) is 9.98 Å². The van der Waals surface area contributed by atoms with Crippen molar-refractivity contribution < 1.29 is 52.4 Å². The number of thioether (sulfide) groups is 1. The first-order valence-electron chi connectivity index (χ1n) is 15.5. The van der Waals surface area contributed by atoms with Crippen molar-refractivity contribution in [3.05, 3.63) is 78.5 Å². The predicted octanol–water partition coefficient (Wildman–Crippen LogP) is 5.67. The van der Waals surface area contributed by atoms with Gasteiger partial charge in [-0.2, -0.15) is 12.6 Å². The summed E-state index contributed by atoms with van der Waals surface area (Å²) in [7, 11) is 2.60. The predicted molar refractivity (Wildman–Crippen MR) is 208 cm³/mol. The number of thiol groups is 1. The first kappa shape index (κ1) is 49.4. The topological polar surface area (TPSA) is 266 Å². The van der Waals surface area contributed by atoms with Crippen LogP contribution in [0.1, 0.15) is 32.2 Å². The van der Waals surface area contributed by atoms with Gasteiger partial charge in [-0.3, -0.25) is 25.5 Å². The van der Waals surface area contributed by atoms with E-state index in [1.165, 1.54) is 64.2 Å². The molecule has 2 heterocycles. The number of aromatic nitrogens is 4. The Morgan fingerprint density at radius 1 is 0.875 bits per heavy atom. The van der Waals surface area contributed by atoms with Crippen molar-refractivity contribution in [3.63, 3.8) is 0 Å². The van der Waals surface area contributed by atoms with Gasteiger partial charge in [0.05, 0.1) is 46.0 Å². The molecule has 26 heteroatoms. The molecule has 4 N–H and O–H groups in total. The molecule has 56 heavy (non-hydrogen) atoms. The van der Waals surface area contributed by atoms with Gasteiger partial charge in [-0.05, 0) is 108 Å². The third-order valence-corrected chi connectivity index (χ3v) is 8.70. The number of aliphatic imine (C=N–C) groups is 2. The van der Waals surface area contributed by atoms with Gasteiger partial charge in [0.25, 0.3) is 5.69 Å². The summed E-state index contributed by atoms with van der Waals surface area (Å²) in [4.78, 5) is 41.2. The van der Waals surface area contributed by atoms with Crippen LogP contribution in [0.25, 0.3) is 0 Å². The molecule has 20 nitrogen and oxygen atoms in total. The zero-order chi connectivity index (χ0) is 42.2. The molecule has 0 saturated heterocycles. The molecular weight excluding hydrogens is 922 g/mol. The smallest absolute Gasteiger partial charge is 0.445 e. The number of esters is 2. The zero-order valence-electron chi connectivity index (χ0n) is 30.1. The van der Waals surface area contributed by atoms with Crippen molar-refractivity contribution in [2.75, 3.05) is 45.4 Å². The number of hydrogen-bond donors (Lipinski definition) is 5. The number of carbonyl (C=O) groups excluding carboxylic acids is 2. The summed E-state index contributed by atoms with van der Waals surface area (Å²) in [6.45, 7) is 10.1. The normalized spacial score (nSPS) is 10.9. The van der Waals surface area contributed by atoms with Gasteiger partial charge in [0.15, 0.2) is 27.5 Å². The van der Waals surface area contributed by atoms with Crippen molar-refractivity contribution in [2.45, 2.75) is 25.8 Å². The molecule has 0 atom stereocenters. The molecule has 4 aromatic rings. The number of hydrogen-bond acceptors (Lipinski definition) is 19. The molecule has 2 aromatic carbocycles. The molecule has 0 amide bonds. The van der Waals surface area contributed by atoms with E-state index in [0.717, 1.165) is 17.8 Å². The zero-order valence-corrected chi connectivity index (χ0v) is 35.0. The minimum atomic E-state index is -0.848. The molecule has 0 aliphatic rings. The number of rotatable bonds is 12. The molecule has 0 fully saturated rings. The van der Waals surface area contributed by atoms with E-state index in [9.17, 15) is 33.7 Å². The number of hydroxylamine groups is 2. The molecule has 306 valence electrons. The summed E-state index contributed by atoms with van der Waals surface area (Å²) < 4.78 is 44.2. The van der Waals surface area contributed by atoms with E-state index in [4.69, 9.17) is 5.21 Å². The SMILES string of the molecule is CCN(CC)CC.COC(=O)CS.COC(=O)CSc1nonc1C(=Nc1ccc(F)c(Br)c1)NO.O=[N+]([O-])c1nonc1C(=Nc1ccc(F)c(Br)c1)NO. The first-order chi connectivity index (χ1) is 26.7. The van der Waals surface area contributed by atoms with E-state index in [-0.39, 0.29) is 54.5 Å². The van der Waals surface area contributed by atoms with Crippen molar-refractivity contribution in [3.8, 4) is 0 Å². The number of amidine groups is 2. The second-order valence-electron chi connectivity index (χ2n) is 9.67. The number of nitro groups is 1. The van der Waals surface area contributed by atoms with Crippen LogP contribution < -0.4 is 11.0 Å². The van der Waals surface area contributed by atoms with Gasteiger partial charge in [-0.25, -0.2) is 28.9 Å². The largest absolute Gasteiger partial charge is 0.468 e. The van der Waals surface area contributed by atoms with E-state index in [0.29, 0.717) is 5.69 Å². The quantitative estimate of drug-likeness (QED) is 0.0218. The summed E-state index contributed by atoms with van der Waals surface area (Å²) in [5, 5.41) is 42.8. The summed E-state index contributed by atoms with van der Waals surface area (Å²) in [5.41, 5.74) is 3.81. The van der Waals surface area contributed by atoms with Crippen LogP contribution in [0, 0.1) is 21.7 Å². The summed E-state index contributed by atoms with van der Waals surface area (Å²) in [5.74, 6) is -2.70. The van der Waals surface area contributed by atoms with Gasteiger partial charge >= 0.3 is 17.8 Å². The number of carbonyl (C=O) groups is 2. The highest BCUT2D eigenvalue weighted by atomic mass is 79.9. The van der Waals surface area contributed by atoms with Crippen molar-refractivity contribution in [1.82, 2.24) is 36.5 Å². The molecule has 0 radical (unpaired) electrons. The number of methoxy groups -OCH3 is 2. The van der Waals surface area contributed by atoms with Gasteiger partial charge in [-0.1, -0.05) is 32.5 Å². The van der Waals surface area contributed by atoms with Crippen LogP contribution >= 0.6 is 56.3 Å². The van der Waals surface area contributed by atoms with Crippen molar-refractivity contribution >= 4 is 97.1 Å². The Labute approximate surface area is 344 Å². The van der Waals surface area contributed by atoms with Crippen LogP contribution in [-0.2, 0) is 19.1 Å². The maximum absolute atomic E-state index is 13.2. The van der Waals surface area contributed by atoms with Crippen LogP contribution in [0.2, 0.25) is 0 Å². The van der Waals surface area contributed by atoms with E-state index in [1.54, 1.807) is 5.48 Å². The average Bonchev–Trinajstić information content (AvgIpc) is 3.89. The minimum Gasteiger partial charge on any atom is -0.468 e. The lowest BCUT2D eigenvalue weighted by molar-refractivity contribution is -0.391. The van der Waals surface area contributed by atoms with Crippen molar-refractivity contribution in [1.29, 1.82) is 0 Å². The Morgan fingerprint density at radius 3 is 1.71 bits per heavy atom. The van der Waals surface area contributed by atoms with Crippen LogP contribution in [-0.4, -0.2) is 110 Å². The van der Waals surface area contributed by atoms with Gasteiger partial charge in [0, 0.05) is 0 Å². The third-order valence-electron chi connectivity index (χ3n) is 6.30. The second kappa shape index (κ2) is 27.1. The van der Waals surface area contributed by atoms with Gasteiger partial charge < -0.3 is 24.5 Å². The number of halogens is 4. The Bertz CT molecular complexity index is 1910. The molecule has 0 saturated carbocycles. The fraction of sp³-hybridized carbons (Fsp3) is 0.333. The molecule has 0 aliphatic carbocycles. The van der Waals surface area contributed by atoms with E-state index >= 15 is 0 Å². The number of nitrogens with one attached hydrogen (secondary N) is 2. The molecule has 4 rings (SSSR count). The fourth-order valence-electron chi connectivity index (χ4n) is 3.42. The van der Waals surface area contributed by atoms with E-state index in [1.807, 2.05) is 5.48 Å². The van der Waals surface area contributed by atoms with E-state index in [2.05, 4.69) is 120 Å². The standard InChI is InChI=1S/C12H10BrFN4O4S.C9H5BrFN5O4.C6H15N.C3H6O2S/c1-21-9(19)5-23-12-10(17-22-18-12)11(16-20)15-6-2-3-8(14)7(13)4-6;10-5-3-4(1-2-6(5)11)12-8(13-17)7-9(16(18)19)15-20-14-7;1-4-7(5-2)6-3;1-5-3(4)2-6/h2-4,20H,5H2,1H3,(H,15,16);1-3,17H,(H,12,13);4-6H2,1-3H3;6H,2H2,1H3. The minimum absolute atomic E-state index is 0.0154. The summed E-state index contributed by atoms with van der Waals surface area (Å²) in [6.07, 6.45) is 0. The number of nitrogens with zero attached hydrogens (tertiary/aromatic N) is 8. The summed E-state index contributed by atoms with van der Waals surface area (Å²) in [6, 6.07) is 7.79. The molecular formula is C30H36Br2F2N10O10S2. The highest BCUT2D eigenvalue weighted by molar-refractivity contribution is 9.10. The van der Waals surface area contributed by atoms with Gasteiger partial charge in [0.2, 0.25) is 0 Å². The summed E-state index contributed by atoms with van der Waals surface area (Å²) >= 11 is 10.6. The van der Waals surface area contributed by atoms with Gasteiger partial charge in [-0.15, -0.1) is 4.63 Å². The molecule has 0 bridgehead atoms. The number of ether oxygens (including phenoxy) is 2. The third kappa shape index (κ3) is 17.0. The Morgan fingerprint density at radius 2 is 1.34 bits per heavy atom. The van der Waals surface area contributed by atoms with E-state index < -0.39 is 34.0 Å². The second-order valence-corrected chi connectivity index (χ2v) is 12.7. The number of benzene rings is 2. The monoisotopic (exact) mass is 956 g/mol. The lowest BCUT2D eigenvalue weighted by atomic mass is 10.3.